The van der Waals surface area contributed by atoms with E-state index in [9.17, 15) is 9.59 Å². The molecule has 2 amide bonds. The quantitative estimate of drug-likeness (QED) is 0.663. The van der Waals surface area contributed by atoms with E-state index in [2.05, 4.69) is 15.1 Å². The molecule has 2 heterocycles. The van der Waals surface area contributed by atoms with Crippen molar-refractivity contribution in [1.29, 1.82) is 0 Å². The van der Waals surface area contributed by atoms with Crippen LogP contribution in [0.5, 0.6) is 11.5 Å². The van der Waals surface area contributed by atoms with Crippen LogP contribution in [0.2, 0.25) is 0 Å². The number of anilines is 1. The van der Waals surface area contributed by atoms with Gasteiger partial charge in [-0.25, -0.2) is 0 Å². The van der Waals surface area contributed by atoms with Gasteiger partial charge in [-0.1, -0.05) is 30.3 Å². The van der Waals surface area contributed by atoms with Crippen molar-refractivity contribution >= 4 is 17.5 Å². The fourth-order valence-corrected chi connectivity index (χ4v) is 4.02. The molecule has 1 N–H and O–H groups in total. The number of carbonyl (C=O) groups excluding carboxylic acids is 2. The van der Waals surface area contributed by atoms with Gasteiger partial charge in [-0.3, -0.25) is 14.5 Å². The number of morpholine rings is 1. The second kappa shape index (κ2) is 11.8. The number of rotatable bonds is 8. The molecule has 176 valence electrons. The first-order valence-corrected chi connectivity index (χ1v) is 11.6. The van der Waals surface area contributed by atoms with E-state index >= 15 is 0 Å². The highest BCUT2D eigenvalue weighted by molar-refractivity contribution is 5.92. The predicted octanol–water partition coefficient (Wildman–Crippen LogP) is 2.28. The van der Waals surface area contributed by atoms with Gasteiger partial charge < -0.3 is 24.6 Å². The molecular formula is C25H32N4O4. The molecule has 0 aliphatic carbocycles. The first-order chi connectivity index (χ1) is 16.2. The number of amides is 2. The molecule has 33 heavy (non-hydrogen) atoms. The van der Waals surface area contributed by atoms with Crippen LogP contribution in [0.1, 0.15) is 6.42 Å². The summed E-state index contributed by atoms with van der Waals surface area (Å²) in [7, 11) is 0. The third kappa shape index (κ3) is 7.02. The highest BCUT2D eigenvalue weighted by atomic mass is 16.5. The minimum atomic E-state index is -0.0379. The molecule has 0 unspecified atom stereocenters. The average Bonchev–Trinajstić information content (AvgIpc) is 2.86. The number of nitrogens with one attached hydrogen (secondary N) is 1. The maximum absolute atomic E-state index is 12.6. The molecule has 0 saturated carbocycles. The SMILES string of the molecule is O=C(CCN1CCN(CC(=O)N2CCOCC2)CC1)Nc1ccccc1Oc1ccccc1. The maximum atomic E-state index is 12.6. The summed E-state index contributed by atoms with van der Waals surface area (Å²) in [6.07, 6.45) is 0.409. The first-order valence-electron chi connectivity index (χ1n) is 11.6. The molecule has 0 bridgehead atoms. The topological polar surface area (TPSA) is 74.4 Å². The van der Waals surface area contributed by atoms with Gasteiger partial charge in [0.1, 0.15) is 5.75 Å². The number of nitrogens with zero attached hydrogens (tertiary/aromatic N) is 3. The Morgan fingerprint density at radius 3 is 2.27 bits per heavy atom. The Kier molecular flexibility index (Phi) is 8.30. The molecule has 2 saturated heterocycles. The standard InChI is InChI=1S/C25H32N4O4/c30-24(26-22-8-4-5-9-23(22)33-21-6-2-1-3-7-21)10-11-27-12-14-28(15-13-27)20-25(31)29-16-18-32-19-17-29/h1-9H,10-20H2,(H,26,30). The number of benzene rings is 2. The van der Waals surface area contributed by atoms with Gasteiger partial charge in [-0.05, 0) is 24.3 Å². The molecule has 0 atom stereocenters. The van der Waals surface area contributed by atoms with Crippen molar-refractivity contribution in [2.75, 3.05) is 70.9 Å². The van der Waals surface area contributed by atoms with Crippen LogP contribution in [0.4, 0.5) is 5.69 Å². The van der Waals surface area contributed by atoms with Crippen LogP contribution in [0.15, 0.2) is 54.6 Å². The Hall–Kier alpha value is -2.94. The van der Waals surface area contributed by atoms with Gasteiger partial charge in [-0.15, -0.1) is 0 Å². The number of hydrogen-bond acceptors (Lipinski definition) is 6. The van der Waals surface area contributed by atoms with Crippen molar-refractivity contribution in [3.8, 4) is 11.5 Å². The van der Waals surface area contributed by atoms with Crippen LogP contribution in [-0.2, 0) is 14.3 Å². The van der Waals surface area contributed by atoms with E-state index in [-0.39, 0.29) is 11.8 Å². The Balaban J connectivity index is 1.19. The van der Waals surface area contributed by atoms with Crippen molar-refractivity contribution in [1.82, 2.24) is 14.7 Å². The number of piperazine rings is 1. The minimum Gasteiger partial charge on any atom is -0.455 e. The van der Waals surface area contributed by atoms with Gasteiger partial charge >= 0.3 is 0 Å². The Morgan fingerprint density at radius 2 is 1.52 bits per heavy atom. The molecule has 4 rings (SSSR count). The van der Waals surface area contributed by atoms with Crippen molar-refractivity contribution in [2.45, 2.75) is 6.42 Å². The second-order valence-corrected chi connectivity index (χ2v) is 8.32. The molecule has 0 radical (unpaired) electrons. The predicted molar refractivity (Wildman–Crippen MR) is 126 cm³/mol. The summed E-state index contributed by atoms with van der Waals surface area (Å²) in [5.74, 6) is 1.49. The smallest absolute Gasteiger partial charge is 0.236 e. The van der Waals surface area contributed by atoms with Crippen molar-refractivity contribution < 1.29 is 19.1 Å². The molecule has 2 aromatic carbocycles. The Labute approximate surface area is 195 Å². The Bertz CT molecular complexity index is 910. The summed E-state index contributed by atoms with van der Waals surface area (Å²) in [6, 6.07) is 17.0. The van der Waals surface area contributed by atoms with Gasteiger partial charge in [0.25, 0.3) is 0 Å². The summed E-state index contributed by atoms with van der Waals surface area (Å²) >= 11 is 0. The van der Waals surface area contributed by atoms with Crippen molar-refractivity contribution in [2.24, 2.45) is 0 Å². The van der Waals surface area contributed by atoms with Crippen LogP contribution in [0, 0.1) is 0 Å². The molecule has 0 aromatic heterocycles. The first kappa shape index (κ1) is 23.2. The van der Waals surface area contributed by atoms with Gasteiger partial charge in [0, 0.05) is 52.2 Å². The van der Waals surface area contributed by atoms with E-state index < -0.39 is 0 Å². The van der Waals surface area contributed by atoms with Gasteiger partial charge in [0.2, 0.25) is 11.8 Å². The van der Waals surface area contributed by atoms with Crippen molar-refractivity contribution in [3.05, 3.63) is 54.6 Å². The summed E-state index contributed by atoms with van der Waals surface area (Å²) in [5.41, 5.74) is 0.665. The summed E-state index contributed by atoms with van der Waals surface area (Å²) in [4.78, 5) is 31.4. The van der Waals surface area contributed by atoms with E-state index in [0.29, 0.717) is 57.3 Å². The summed E-state index contributed by atoms with van der Waals surface area (Å²) < 4.78 is 11.2. The fourth-order valence-electron chi connectivity index (χ4n) is 4.02. The van der Waals surface area contributed by atoms with Gasteiger partial charge in [0.05, 0.1) is 25.4 Å². The molecule has 2 aliphatic heterocycles. The third-order valence-electron chi connectivity index (χ3n) is 5.97. The zero-order valence-corrected chi connectivity index (χ0v) is 18.9. The van der Waals surface area contributed by atoms with Crippen LogP contribution < -0.4 is 10.1 Å². The van der Waals surface area contributed by atoms with E-state index in [0.717, 1.165) is 31.9 Å². The number of ether oxygens (including phenoxy) is 2. The average molecular weight is 453 g/mol. The molecule has 8 nitrogen and oxygen atoms in total. The molecule has 8 heteroatoms. The number of hydrogen-bond donors (Lipinski definition) is 1. The molecule has 2 aliphatic rings. The minimum absolute atomic E-state index is 0.0379. The lowest BCUT2D eigenvalue weighted by Crippen LogP contribution is -2.51. The van der Waals surface area contributed by atoms with E-state index in [1.807, 2.05) is 59.5 Å². The van der Waals surface area contributed by atoms with Gasteiger partial charge in [-0.2, -0.15) is 0 Å². The van der Waals surface area contributed by atoms with E-state index in [1.54, 1.807) is 0 Å². The number of para-hydroxylation sites is 3. The Morgan fingerprint density at radius 1 is 0.848 bits per heavy atom. The van der Waals surface area contributed by atoms with Gasteiger partial charge in [0.15, 0.2) is 5.75 Å². The summed E-state index contributed by atoms with van der Waals surface area (Å²) in [6.45, 7) is 7.19. The lowest BCUT2D eigenvalue weighted by atomic mass is 10.2. The van der Waals surface area contributed by atoms with Crippen LogP contribution in [0.25, 0.3) is 0 Å². The zero-order valence-electron chi connectivity index (χ0n) is 18.9. The van der Waals surface area contributed by atoms with Crippen LogP contribution in [0.3, 0.4) is 0 Å². The normalized spacial score (nSPS) is 17.5. The third-order valence-corrected chi connectivity index (χ3v) is 5.97. The second-order valence-electron chi connectivity index (χ2n) is 8.32. The summed E-state index contributed by atoms with van der Waals surface area (Å²) in [5, 5.41) is 2.98. The van der Waals surface area contributed by atoms with E-state index in [1.165, 1.54) is 0 Å². The molecule has 2 aromatic rings. The largest absolute Gasteiger partial charge is 0.455 e. The lowest BCUT2D eigenvalue weighted by Gasteiger charge is -2.35. The van der Waals surface area contributed by atoms with Crippen molar-refractivity contribution in [3.63, 3.8) is 0 Å². The highest BCUT2D eigenvalue weighted by Gasteiger charge is 2.23. The van der Waals surface area contributed by atoms with E-state index in [4.69, 9.17) is 9.47 Å². The molecular weight excluding hydrogens is 420 g/mol. The van der Waals surface area contributed by atoms with Crippen LogP contribution >= 0.6 is 0 Å². The highest BCUT2D eigenvalue weighted by Crippen LogP contribution is 2.29. The lowest BCUT2D eigenvalue weighted by molar-refractivity contribution is -0.136. The fraction of sp³-hybridized carbons (Fsp3) is 0.440. The monoisotopic (exact) mass is 452 g/mol. The van der Waals surface area contributed by atoms with Crippen LogP contribution in [-0.4, -0.2) is 92.1 Å². The maximum Gasteiger partial charge on any atom is 0.236 e. The molecule has 2 fully saturated rings. The molecule has 0 spiro atoms. The zero-order chi connectivity index (χ0) is 22.9. The number of carbonyl (C=O) groups is 2.